The number of methoxy groups -OCH3 is 1. The third kappa shape index (κ3) is 3.61. The van der Waals surface area contributed by atoms with Crippen molar-refractivity contribution in [1.82, 2.24) is 4.98 Å². The van der Waals surface area contributed by atoms with Crippen molar-refractivity contribution in [3.8, 4) is 17.4 Å². The summed E-state index contributed by atoms with van der Waals surface area (Å²) in [5.74, 6) is 2.22. The van der Waals surface area contributed by atoms with Crippen LogP contribution in [0, 0.1) is 0 Å². The van der Waals surface area contributed by atoms with Gasteiger partial charge in [-0.1, -0.05) is 6.07 Å². The minimum atomic E-state index is 0.352. The van der Waals surface area contributed by atoms with E-state index in [-0.39, 0.29) is 0 Å². The van der Waals surface area contributed by atoms with Crippen LogP contribution < -0.4 is 9.47 Å². The molecule has 19 heavy (non-hydrogen) atoms. The van der Waals surface area contributed by atoms with E-state index in [1.54, 1.807) is 13.2 Å². The van der Waals surface area contributed by atoms with Crippen LogP contribution in [0.15, 0.2) is 39.3 Å². The molecule has 100 valence electrons. The van der Waals surface area contributed by atoms with Gasteiger partial charge >= 0.3 is 0 Å². The van der Waals surface area contributed by atoms with Gasteiger partial charge in [-0.15, -0.1) is 11.6 Å². The number of aromatic nitrogens is 1. The molecule has 1 aromatic carbocycles. The minimum Gasteiger partial charge on any atom is -0.496 e. The third-order valence-corrected chi connectivity index (χ3v) is 3.85. The largest absolute Gasteiger partial charge is 0.496 e. The summed E-state index contributed by atoms with van der Waals surface area (Å²) in [4.78, 5) is 4.28. The SMILES string of the molecule is COc1cc(Br)c(Oc2cccc(CCl)n2)cc1Br. The number of alkyl halides is 1. The Hall–Kier alpha value is -0.780. The second-order valence-electron chi connectivity index (χ2n) is 3.62. The molecule has 0 aliphatic carbocycles. The van der Waals surface area contributed by atoms with Crippen LogP contribution in [0.4, 0.5) is 0 Å². The molecule has 0 saturated carbocycles. The van der Waals surface area contributed by atoms with Crippen LogP contribution in [0.25, 0.3) is 0 Å². The van der Waals surface area contributed by atoms with E-state index in [1.807, 2.05) is 24.3 Å². The number of benzene rings is 1. The molecule has 6 heteroatoms. The number of rotatable bonds is 4. The molecule has 1 heterocycles. The topological polar surface area (TPSA) is 31.4 Å². The molecule has 0 N–H and O–H groups in total. The van der Waals surface area contributed by atoms with Crippen molar-refractivity contribution in [2.24, 2.45) is 0 Å². The number of ether oxygens (including phenoxy) is 2. The molecule has 2 aromatic rings. The van der Waals surface area contributed by atoms with Gasteiger partial charge in [0.05, 0.1) is 27.6 Å². The van der Waals surface area contributed by atoms with E-state index in [4.69, 9.17) is 21.1 Å². The fraction of sp³-hybridized carbons (Fsp3) is 0.154. The van der Waals surface area contributed by atoms with Crippen molar-refractivity contribution >= 4 is 43.5 Å². The summed E-state index contributed by atoms with van der Waals surface area (Å²) in [5.41, 5.74) is 0.767. The average Bonchev–Trinajstić information content (AvgIpc) is 2.42. The van der Waals surface area contributed by atoms with Gasteiger partial charge in [0.2, 0.25) is 5.88 Å². The summed E-state index contributed by atoms with van der Waals surface area (Å²) >= 11 is 12.6. The van der Waals surface area contributed by atoms with Crippen LogP contribution >= 0.6 is 43.5 Å². The lowest BCUT2D eigenvalue weighted by Gasteiger charge is -2.10. The van der Waals surface area contributed by atoms with Gasteiger partial charge < -0.3 is 9.47 Å². The van der Waals surface area contributed by atoms with Gasteiger partial charge in [0, 0.05) is 6.07 Å². The number of hydrogen-bond acceptors (Lipinski definition) is 3. The number of halogens is 3. The highest BCUT2D eigenvalue weighted by atomic mass is 79.9. The molecule has 0 saturated heterocycles. The van der Waals surface area contributed by atoms with Crippen molar-refractivity contribution in [3.63, 3.8) is 0 Å². The summed E-state index contributed by atoms with van der Waals surface area (Å²) in [5, 5.41) is 0. The molecule has 0 fully saturated rings. The zero-order chi connectivity index (χ0) is 13.8. The standard InChI is InChI=1S/C13H10Br2ClNO2/c1-18-11-5-10(15)12(6-9(11)14)19-13-4-2-3-8(7-16)17-13/h2-6H,7H2,1H3. The molecule has 0 spiro atoms. The smallest absolute Gasteiger partial charge is 0.219 e. The Morgan fingerprint density at radius 1 is 1.16 bits per heavy atom. The quantitative estimate of drug-likeness (QED) is 0.657. The summed E-state index contributed by atoms with van der Waals surface area (Å²) in [7, 11) is 1.61. The number of nitrogens with zero attached hydrogens (tertiary/aromatic N) is 1. The predicted octanol–water partition coefficient (Wildman–Crippen LogP) is 5.15. The maximum atomic E-state index is 5.75. The fourth-order valence-corrected chi connectivity index (χ4v) is 2.48. The van der Waals surface area contributed by atoms with Gasteiger partial charge in [-0.05, 0) is 50.1 Å². The van der Waals surface area contributed by atoms with E-state index in [9.17, 15) is 0 Å². The van der Waals surface area contributed by atoms with Crippen LogP contribution in [-0.2, 0) is 5.88 Å². The van der Waals surface area contributed by atoms with Crippen molar-refractivity contribution < 1.29 is 9.47 Å². The van der Waals surface area contributed by atoms with Gasteiger partial charge in [-0.25, -0.2) is 4.98 Å². The second kappa shape index (κ2) is 6.59. The first kappa shape index (κ1) is 14.6. The first-order valence-corrected chi connectivity index (χ1v) is 7.49. The highest BCUT2D eigenvalue weighted by Gasteiger charge is 2.10. The van der Waals surface area contributed by atoms with E-state index in [1.165, 1.54) is 0 Å². The molecule has 0 atom stereocenters. The maximum absolute atomic E-state index is 5.75. The van der Waals surface area contributed by atoms with Crippen molar-refractivity contribution in [1.29, 1.82) is 0 Å². The Morgan fingerprint density at radius 3 is 2.53 bits per heavy atom. The lowest BCUT2D eigenvalue weighted by Crippen LogP contribution is -1.93. The summed E-state index contributed by atoms with van der Waals surface area (Å²) in [6.07, 6.45) is 0. The van der Waals surface area contributed by atoms with Crippen LogP contribution in [0.1, 0.15) is 5.69 Å². The van der Waals surface area contributed by atoms with Gasteiger partial charge in [0.1, 0.15) is 11.5 Å². The molecule has 3 nitrogen and oxygen atoms in total. The lowest BCUT2D eigenvalue weighted by atomic mass is 10.3. The Balaban J connectivity index is 2.30. The zero-order valence-corrected chi connectivity index (χ0v) is 13.9. The summed E-state index contributed by atoms with van der Waals surface area (Å²) in [6.45, 7) is 0. The number of hydrogen-bond donors (Lipinski definition) is 0. The third-order valence-electron chi connectivity index (χ3n) is 2.34. The van der Waals surface area contributed by atoms with Crippen LogP contribution in [0.3, 0.4) is 0 Å². The number of pyridine rings is 1. The fourth-order valence-electron chi connectivity index (χ4n) is 1.45. The second-order valence-corrected chi connectivity index (χ2v) is 5.60. The monoisotopic (exact) mass is 405 g/mol. The van der Waals surface area contributed by atoms with Crippen molar-refractivity contribution in [3.05, 3.63) is 45.0 Å². The molecule has 0 aliphatic heterocycles. The predicted molar refractivity (Wildman–Crippen MR) is 82.3 cm³/mol. The van der Waals surface area contributed by atoms with Crippen LogP contribution in [0.2, 0.25) is 0 Å². The Labute approximate surface area is 133 Å². The molecule has 0 unspecified atom stereocenters. The summed E-state index contributed by atoms with van der Waals surface area (Å²) < 4.78 is 12.5. The highest BCUT2D eigenvalue weighted by Crippen LogP contribution is 2.37. The first-order chi connectivity index (χ1) is 9.13. The van der Waals surface area contributed by atoms with Crippen LogP contribution in [0.5, 0.6) is 17.4 Å². The average molecular weight is 407 g/mol. The molecular weight excluding hydrogens is 397 g/mol. The van der Waals surface area contributed by atoms with Gasteiger partial charge in [-0.3, -0.25) is 0 Å². The normalized spacial score (nSPS) is 10.3. The van der Waals surface area contributed by atoms with Gasteiger partial charge in [-0.2, -0.15) is 0 Å². The molecule has 0 radical (unpaired) electrons. The Bertz CT molecular complexity index is 593. The molecule has 0 aliphatic rings. The van der Waals surface area contributed by atoms with E-state index >= 15 is 0 Å². The van der Waals surface area contributed by atoms with Gasteiger partial charge in [0.25, 0.3) is 0 Å². The summed E-state index contributed by atoms with van der Waals surface area (Å²) in [6, 6.07) is 9.12. The molecular formula is C13H10Br2ClNO2. The van der Waals surface area contributed by atoms with E-state index in [0.717, 1.165) is 20.4 Å². The Kier molecular flexibility index (Phi) is 5.07. The zero-order valence-electron chi connectivity index (χ0n) is 9.99. The van der Waals surface area contributed by atoms with Crippen LogP contribution in [-0.4, -0.2) is 12.1 Å². The highest BCUT2D eigenvalue weighted by molar-refractivity contribution is 9.11. The van der Waals surface area contributed by atoms with Crippen molar-refractivity contribution in [2.45, 2.75) is 5.88 Å². The maximum Gasteiger partial charge on any atom is 0.219 e. The lowest BCUT2D eigenvalue weighted by molar-refractivity contribution is 0.408. The van der Waals surface area contributed by atoms with E-state index in [2.05, 4.69) is 36.8 Å². The van der Waals surface area contributed by atoms with E-state index in [0.29, 0.717) is 17.5 Å². The molecule has 2 rings (SSSR count). The molecule has 1 aromatic heterocycles. The van der Waals surface area contributed by atoms with Crippen molar-refractivity contribution in [2.75, 3.05) is 7.11 Å². The van der Waals surface area contributed by atoms with E-state index < -0.39 is 0 Å². The minimum absolute atomic E-state index is 0.352. The molecule has 0 amide bonds. The molecule has 0 bridgehead atoms. The first-order valence-electron chi connectivity index (χ1n) is 5.37. The Morgan fingerprint density at radius 2 is 1.84 bits per heavy atom. The van der Waals surface area contributed by atoms with Gasteiger partial charge in [0.15, 0.2) is 0 Å².